The number of likely N-dealkylation sites (tertiary alicyclic amines) is 1. The molecule has 4 aliphatic rings. The third kappa shape index (κ3) is 3.33. The van der Waals surface area contributed by atoms with Gasteiger partial charge in [-0.15, -0.1) is 0 Å². The number of aromatic amines is 1. The van der Waals surface area contributed by atoms with E-state index >= 15 is 0 Å². The van der Waals surface area contributed by atoms with Crippen LogP contribution in [0.5, 0.6) is 5.75 Å². The maximum Gasteiger partial charge on any atom is 0.261 e. The van der Waals surface area contributed by atoms with Gasteiger partial charge in [-0.25, -0.2) is 0 Å². The minimum Gasteiger partial charge on any atom is -0.508 e. The highest BCUT2D eigenvalue weighted by molar-refractivity contribution is 5.94. The van der Waals surface area contributed by atoms with Gasteiger partial charge >= 0.3 is 0 Å². The number of hydrogen-bond donors (Lipinski definition) is 4. The zero-order valence-corrected chi connectivity index (χ0v) is 20.8. The summed E-state index contributed by atoms with van der Waals surface area (Å²) in [6.45, 7) is 0.974. The Morgan fingerprint density at radius 1 is 1.08 bits per heavy atom. The lowest BCUT2D eigenvalue weighted by molar-refractivity contribution is 0.0233. The number of hydrogen-bond acceptors (Lipinski definition) is 5. The molecule has 3 aliphatic carbocycles. The first kappa shape index (κ1) is 22.8. The van der Waals surface area contributed by atoms with Crippen molar-refractivity contribution in [3.8, 4) is 5.75 Å². The van der Waals surface area contributed by atoms with Gasteiger partial charge in [0.25, 0.3) is 11.5 Å². The summed E-state index contributed by atoms with van der Waals surface area (Å²) in [5.41, 5.74) is 5.88. The van der Waals surface area contributed by atoms with E-state index in [-0.39, 0.29) is 16.7 Å². The van der Waals surface area contributed by atoms with E-state index in [0.717, 1.165) is 48.2 Å². The van der Waals surface area contributed by atoms with Crippen LogP contribution in [0.3, 0.4) is 0 Å². The normalized spacial score (nSPS) is 29.6. The van der Waals surface area contributed by atoms with E-state index in [2.05, 4.69) is 28.3 Å². The van der Waals surface area contributed by atoms with Gasteiger partial charge < -0.3 is 25.4 Å². The van der Waals surface area contributed by atoms with Gasteiger partial charge in [-0.1, -0.05) is 30.3 Å². The van der Waals surface area contributed by atoms with Crippen LogP contribution < -0.4 is 10.9 Å². The number of aromatic hydroxyl groups is 1. The number of fused-ring (bicyclic) bond motifs is 3. The molecule has 5 atom stereocenters. The number of aromatic nitrogens is 1. The topological polar surface area (TPSA) is 106 Å². The maximum absolute atomic E-state index is 13.3. The van der Waals surface area contributed by atoms with E-state index in [1.807, 2.05) is 30.3 Å². The highest BCUT2D eigenvalue weighted by Gasteiger charge is 2.54. The van der Waals surface area contributed by atoms with E-state index in [1.54, 1.807) is 12.1 Å². The van der Waals surface area contributed by atoms with Crippen molar-refractivity contribution in [2.75, 3.05) is 13.6 Å². The number of aliphatic hydroxyl groups excluding tert-OH is 1. The number of pyridine rings is 1. The van der Waals surface area contributed by atoms with E-state index in [0.29, 0.717) is 24.8 Å². The Kier molecular flexibility index (Phi) is 4.94. The summed E-state index contributed by atoms with van der Waals surface area (Å²) in [7, 11) is 2.19. The van der Waals surface area contributed by atoms with Gasteiger partial charge in [-0.3, -0.25) is 9.59 Å². The zero-order chi connectivity index (χ0) is 25.5. The molecule has 3 aromatic rings. The Hall–Kier alpha value is -3.42. The second-order valence-corrected chi connectivity index (χ2v) is 11.4. The lowest BCUT2D eigenvalue weighted by Crippen LogP contribution is -2.61. The Bertz CT molecular complexity index is 1500. The molecule has 190 valence electrons. The lowest BCUT2D eigenvalue weighted by atomic mass is 9.52. The summed E-state index contributed by atoms with van der Waals surface area (Å²) in [4.78, 5) is 32.0. The molecule has 1 fully saturated rings. The fourth-order valence-electron chi connectivity index (χ4n) is 7.75. The van der Waals surface area contributed by atoms with Crippen LogP contribution in [0.25, 0.3) is 0 Å². The van der Waals surface area contributed by atoms with Crippen LogP contribution in [0.15, 0.2) is 53.3 Å². The number of carbonyl (C=O) groups is 1. The van der Waals surface area contributed by atoms with Crippen LogP contribution in [-0.4, -0.2) is 51.7 Å². The molecular weight excluding hydrogens is 466 g/mol. The molecule has 0 radical (unpaired) electrons. The second-order valence-electron chi connectivity index (χ2n) is 11.4. The molecule has 1 saturated heterocycles. The Morgan fingerprint density at radius 3 is 2.78 bits per heavy atom. The monoisotopic (exact) mass is 497 g/mol. The van der Waals surface area contributed by atoms with Gasteiger partial charge in [0.2, 0.25) is 0 Å². The minimum absolute atomic E-state index is 0.0960. The number of phenolic OH excluding ortho intramolecular Hbond substituents is 1. The SMILES string of the molecule is CN1CCC23Cc4[nH]c(=O)c(C(=O)N[C@@H]5c6ccccc6C[C@@H]5O)cc4C[C@H]2[C@H]1Cc1ccc(O)cc13. The molecule has 2 heterocycles. The lowest BCUT2D eigenvalue weighted by Gasteiger charge is -2.58. The fourth-order valence-corrected chi connectivity index (χ4v) is 7.75. The van der Waals surface area contributed by atoms with Gasteiger partial charge in [-0.2, -0.15) is 0 Å². The number of nitrogens with one attached hydrogen (secondary N) is 2. The number of carbonyl (C=O) groups excluding carboxylic acids is 1. The summed E-state index contributed by atoms with van der Waals surface area (Å²) in [6.07, 6.45) is 3.13. The first-order chi connectivity index (χ1) is 17.8. The summed E-state index contributed by atoms with van der Waals surface area (Å²) in [5, 5.41) is 23.8. The summed E-state index contributed by atoms with van der Waals surface area (Å²) >= 11 is 0. The molecule has 4 N–H and O–H groups in total. The molecule has 37 heavy (non-hydrogen) atoms. The predicted molar refractivity (Wildman–Crippen MR) is 139 cm³/mol. The molecular formula is C30H31N3O4. The van der Waals surface area contributed by atoms with Crippen LogP contribution in [0, 0.1) is 5.92 Å². The van der Waals surface area contributed by atoms with Crippen LogP contribution in [0.1, 0.15) is 56.3 Å². The van der Waals surface area contributed by atoms with Crippen LogP contribution in [0.2, 0.25) is 0 Å². The fraction of sp³-hybridized carbons (Fsp3) is 0.400. The van der Waals surface area contributed by atoms with Crippen molar-refractivity contribution in [2.24, 2.45) is 5.92 Å². The molecule has 1 amide bonds. The number of rotatable bonds is 2. The minimum atomic E-state index is -0.716. The number of phenols is 1. The molecule has 1 aliphatic heterocycles. The molecule has 1 unspecified atom stereocenters. The highest BCUT2D eigenvalue weighted by atomic mass is 16.3. The van der Waals surface area contributed by atoms with Crippen molar-refractivity contribution in [3.05, 3.63) is 98.0 Å². The largest absolute Gasteiger partial charge is 0.508 e. The van der Waals surface area contributed by atoms with Gasteiger partial charge in [-0.05, 0) is 91.2 Å². The number of piperidine rings is 1. The van der Waals surface area contributed by atoms with Crippen molar-refractivity contribution in [1.29, 1.82) is 0 Å². The van der Waals surface area contributed by atoms with Crippen molar-refractivity contribution in [3.63, 3.8) is 0 Å². The Morgan fingerprint density at radius 2 is 1.92 bits per heavy atom. The third-order valence-corrected chi connectivity index (χ3v) is 9.59. The number of benzene rings is 2. The Balaban J connectivity index is 1.25. The van der Waals surface area contributed by atoms with E-state index in [1.165, 1.54) is 11.1 Å². The van der Waals surface area contributed by atoms with Gasteiger partial charge in [0, 0.05) is 23.6 Å². The highest BCUT2D eigenvalue weighted by Crippen LogP contribution is 2.54. The van der Waals surface area contributed by atoms with Gasteiger partial charge in [0.15, 0.2) is 0 Å². The van der Waals surface area contributed by atoms with Crippen molar-refractivity contribution >= 4 is 5.91 Å². The van der Waals surface area contributed by atoms with E-state index in [4.69, 9.17) is 0 Å². The smallest absolute Gasteiger partial charge is 0.261 e. The summed E-state index contributed by atoms with van der Waals surface area (Å²) < 4.78 is 0. The molecule has 0 saturated carbocycles. The molecule has 2 bridgehead atoms. The predicted octanol–water partition coefficient (Wildman–Crippen LogP) is 2.38. The molecule has 1 aromatic heterocycles. The number of aliphatic hydroxyl groups is 1. The van der Waals surface area contributed by atoms with Crippen molar-refractivity contribution < 1.29 is 15.0 Å². The molecule has 7 nitrogen and oxygen atoms in total. The molecule has 2 aromatic carbocycles. The second kappa shape index (κ2) is 8.04. The summed E-state index contributed by atoms with van der Waals surface area (Å²) in [5.74, 6) is 0.158. The number of nitrogens with zero attached hydrogens (tertiary/aromatic N) is 1. The van der Waals surface area contributed by atoms with Gasteiger partial charge in [0.05, 0.1) is 12.1 Å². The average Bonchev–Trinajstić information content (AvgIpc) is 3.19. The third-order valence-electron chi connectivity index (χ3n) is 9.59. The number of H-pyrrole nitrogens is 1. The van der Waals surface area contributed by atoms with Crippen LogP contribution in [-0.2, 0) is 31.1 Å². The number of likely N-dealkylation sites (N-methyl/N-ethyl adjacent to an activating group) is 1. The quantitative estimate of drug-likeness (QED) is 0.435. The first-order valence-corrected chi connectivity index (χ1v) is 13.2. The molecule has 0 spiro atoms. The van der Waals surface area contributed by atoms with Crippen molar-refractivity contribution in [1.82, 2.24) is 15.2 Å². The summed E-state index contributed by atoms with van der Waals surface area (Å²) in [6, 6.07) is 15.1. The zero-order valence-electron chi connectivity index (χ0n) is 20.8. The molecule has 7 rings (SSSR count). The van der Waals surface area contributed by atoms with Gasteiger partial charge in [0.1, 0.15) is 11.3 Å². The van der Waals surface area contributed by atoms with E-state index < -0.39 is 23.6 Å². The van der Waals surface area contributed by atoms with E-state index in [9.17, 15) is 19.8 Å². The average molecular weight is 498 g/mol. The Labute approximate surface area is 215 Å². The standard InChI is InChI=1S/C30H31N3O4/c1-33-9-8-30-15-24-18(11-23(30)25(33)12-17-6-7-19(34)14-22(17)30)10-21(28(36)31-24)29(37)32-27-20-5-3-2-4-16(20)13-26(27)35/h2-7,10,14,23,25-27,34-35H,8-9,11-13,15H2,1H3,(H,31,36)(H,32,37)/t23-,25+,26-,27+,30?/m0/s1. The maximum atomic E-state index is 13.3. The van der Waals surface area contributed by atoms with Crippen LogP contribution >= 0.6 is 0 Å². The number of amides is 1. The first-order valence-electron chi connectivity index (χ1n) is 13.2. The van der Waals surface area contributed by atoms with Crippen molar-refractivity contribution in [2.45, 2.75) is 55.7 Å². The van der Waals surface area contributed by atoms with Crippen LogP contribution in [0.4, 0.5) is 0 Å². The molecule has 7 heteroatoms.